The van der Waals surface area contributed by atoms with Crippen LogP contribution in [0.1, 0.15) is 85.0 Å². The summed E-state index contributed by atoms with van der Waals surface area (Å²) in [5.41, 5.74) is -2.50. The van der Waals surface area contributed by atoms with Gasteiger partial charge in [0.2, 0.25) is 17.7 Å². The summed E-state index contributed by atoms with van der Waals surface area (Å²) in [5.74, 6) is -5.02. The minimum absolute atomic E-state index is 0. The number of carbonyl (C=O) groups excluding carboxylic acids is 3. The molecule has 1 saturated carbocycles. The van der Waals surface area contributed by atoms with E-state index in [-0.39, 0.29) is 85.8 Å². The van der Waals surface area contributed by atoms with Crippen LogP contribution in [0.4, 0.5) is 13.6 Å². The quantitative estimate of drug-likeness (QED) is 0.150. The van der Waals surface area contributed by atoms with E-state index in [1.165, 1.54) is 0 Å². The van der Waals surface area contributed by atoms with Crippen molar-refractivity contribution in [2.75, 3.05) is 6.54 Å². The Bertz CT molecular complexity index is 946. The molecule has 5 atom stereocenters. The average Bonchev–Trinajstić information content (AvgIpc) is 3.23. The first-order valence-electron chi connectivity index (χ1n) is 13.7. The standard InChI is InChI=1S/C25H43F2N3O8S.Na/c1-4-5-6-20(16-7-10-25(26,27)11-8-16)38-24(34)30-18(13-15(2)3)22(32)29-19(23(33)39(35,36)37)14-17-9-12-28-21(17)31;/h15-20,23,33H,4-14H2,1-3H3,(H,28,31)(H,29,32)(H,30,34)(H,35,36,37);/q;+1/p-1/t17-,18-,19-,20?,23?;/m0./s1. The van der Waals surface area contributed by atoms with Crippen LogP contribution in [-0.4, -0.2) is 72.1 Å². The Labute approximate surface area is 257 Å². The van der Waals surface area contributed by atoms with Crippen LogP contribution >= 0.6 is 0 Å². The van der Waals surface area contributed by atoms with Crippen molar-refractivity contribution >= 4 is 28.0 Å². The number of halogens is 2. The van der Waals surface area contributed by atoms with Crippen LogP contribution in [0.3, 0.4) is 0 Å². The number of nitrogens with one attached hydrogen (secondary N) is 3. The van der Waals surface area contributed by atoms with Gasteiger partial charge in [0, 0.05) is 25.3 Å². The van der Waals surface area contributed by atoms with Gasteiger partial charge in [-0.1, -0.05) is 33.6 Å². The average molecular weight is 606 g/mol. The normalized spacial score (nSPS) is 22.4. The van der Waals surface area contributed by atoms with Gasteiger partial charge in [-0.05, 0) is 50.4 Å². The van der Waals surface area contributed by atoms with E-state index >= 15 is 0 Å². The van der Waals surface area contributed by atoms with Crippen LogP contribution in [-0.2, 0) is 24.4 Å². The molecule has 2 unspecified atom stereocenters. The number of alkyl halides is 2. The Morgan fingerprint density at radius 1 is 1.20 bits per heavy atom. The molecule has 11 nitrogen and oxygen atoms in total. The number of unbranched alkanes of at least 4 members (excludes halogenated alkanes) is 1. The van der Waals surface area contributed by atoms with Gasteiger partial charge in [0.05, 0.1) is 6.04 Å². The minimum atomic E-state index is -5.23. The number of hydrogen-bond donors (Lipinski definition) is 4. The summed E-state index contributed by atoms with van der Waals surface area (Å²) >= 11 is 0. The Balaban J connectivity index is 0.00000800. The van der Waals surface area contributed by atoms with Gasteiger partial charge in [-0.2, -0.15) is 0 Å². The van der Waals surface area contributed by atoms with Crippen LogP contribution in [0.2, 0.25) is 0 Å². The van der Waals surface area contributed by atoms with E-state index < -0.39 is 57.6 Å². The van der Waals surface area contributed by atoms with E-state index in [1.807, 2.05) is 6.92 Å². The number of aliphatic hydroxyl groups is 1. The molecule has 0 bridgehead atoms. The van der Waals surface area contributed by atoms with Crippen LogP contribution in [0, 0.1) is 17.8 Å². The van der Waals surface area contributed by atoms with Gasteiger partial charge >= 0.3 is 35.7 Å². The Hall–Kier alpha value is -1.06. The number of amides is 3. The second kappa shape index (κ2) is 16.5. The van der Waals surface area contributed by atoms with Crippen LogP contribution in [0.5, 0.6) is 0 Å². The smallest absolute Gasteiger partial charge is 0.746 e. The Kier molecular flexibility index (Phi) is 15.3. The first-order valence-corrected chi connectivity index (χ1v) is 15.2. The van der Waals surface area contributed by atoms with Crippen molar-refractivity contribution in [3.63, 3.8) is 0 Å². The van der Waals surface area contributed by atoms with Crippen molar-refractivity contribution in [1.29, 1.82) is 0 Å². The molecule has 0 spiro atoms. The monoisotopic (exact) mass is 605 g/mol. The first-order chi connectivity index (χ1) is 18.1. The minimum Gasteiger partial charge on any atom is -0.746 e. The predicted molar refractivity (Wildman–Crippen MR) is 136 cm³/mol. The second-order valence-electron chi connectivity index (χ2n) is 11.1. The zero-order chi connectivity index (χ0) is 29.4. The molecular weight excluding hydrogens is 563 g/mol. The summed E-state index contributed by atoms with van der Waals surface area (Å²) in [7, 11) is -5.23. The summed E-state index contributed by atoms with van der Waals surface area (Å²) in [4.78, 5) is 38.0. The Morgan fingerprint density at radius 3 is 2.33 bits per heavy atom. The molecule has 226 valence electrons. The van der Waals surface area contributed by atoms with Gasteiger partial charge in [-0.25, -0.2) is 22.0 Å². The third kappa shape index (κ3) is 12.0. The molecule has 0 radical (unpaired) electrons. The summed E-state index contributed by atoms with van der Waals surface area (Å²) in [6, 6.07) is -2.79. The van der Waals surface area contributed by atoms with Crippen molar-refractivity contribution in [2.45, 2.75) is 115 Å². The topological polar surface area (TPSA) is 174 Å². The van der Waals surface area contributed by atoms with Crippen LogP contribution in [0.15, 0.2) is 0 Å². The molecule has 15 heteroatoms. The van der Waals surface area contributed by atoms with E-state index in [2.05, 4.69) is 16.0 Å². The fourth-order valence-corrected chi connectivity index (χ4v) is 5.74. The third-order valence-corrected chi connectivity index (χ3v) is 8.29. The number of carbonyl (C=O) groups is 3. The molecule has 1 heterocycles. The van der Waals surface area contributed by atoms with Gasteiger partial charge in [-0.15, -0.1) is 0 Å². The largest absolute Gasteiger partial charge is 1.00 e. The fourth-order valence-electron chi connectivity index (χ4n) is 5.15. The number of hydrogen-bond acceptors (Lipinski definition) is 8. The Morgan fingerprint density at radius 2 is 1.82 bits per heavy atom. The SMILES string of the molecule is CCCCC(OC(=O)N[C@@H](CC(C)C)C(=O)N[C@@H](C[C@@H]1CCNC1=O)C(O)S(=O)(=O)[O-])C1CCC(F)(F)CC1.[Na+]. The summed E-state index contributed by atoms with van der Waals surface area (Å²) in [5, 5.41) is 17.6. The summed E-state index contributed by atoms with van der Waals surface area (Å²) in [6.45, 7) is 5.87. The zero-order valence-corrected chi connectivity index (χ0v) is 26.6. The van der Waals surface area contributed by atoms with E-state index in [0.717, 1.165) is 12.8 Å². The van der Waals surface area contributed by atoms with Crippen molar-refractivity contribution < 1.29 is 75.5 Å². The zero-order valence-electron chi connectivity index (χ0n) is 23.8. The number of alkyl carbamates (subject to hydrolysis) is 1. The van der Waals surface area contributed by atoms with Crippen molar-refractivity contribution in [3.8, 4) is 0 Å². The summed E-state index contributed by atoms with van der Waals surface area (Å²) in [6.07, 6.45) is 0.519. The summed E-state index contributed by atoms with van der Waals surface area (Å²) < 4.78 is 67.6. The fraction of sp³-hybridized carbons (Fsp3) is 0.880. The molecule has 2 fully saturated rings. The molecule has 4 N–H and O–H groups in total. The molecular formula is C25H42F2N3NaO8S. The predicted octanol–water partition coefficient (Wildman–Crippen LogP) is -0.610. The van der Waals surface area contributed by atoms with E-state index in [0.29, 0.717) is 19.4 Å². The maximum Gasteiger partial charge on any atom is 1.00 e. The maximum atomic E-state index is 13.7. The number of ether oxygens (including phenoxy) is 1. The van der Waals surface area contributed by atoms with Gasteiger partial charge in [0.1, 0.15) is 22.3 Å². The van der Waals surface area contributed by atoms with Crippen molar-refractivity contribution in [3.05, 3.63) is 0 Å². The molecule has 1 aliphatic carbocycles. The number of rotatable bonds is 14. The van der Waals surface area contributed by atoms with Crippen molar-refractivity contribution in [1.82, 2.24) is 16.0 Å². The molecule has 1 saturated heterocycles. The van der Waals surface area contributed by atoms with Crippen molar-refractivity contribution in [2.24, 2.45) is 17.8 Å². The van der Waals surface area contributed by atoms with Crippen LogP contribution in [0.25, 0.3) is 0 Å². The van der Waals surface area contributed by atoms with E-state index in [4.69, 9.17) is 4.74 Å². The van der Waals surface area contributed by atoms with Gasteiger partial charge in [0.25, 0.3) is 0 Å². The van der Waals surface area contributed by atoms with E-state index in [9.17, 15) is 41.2 Å². The second-order valence-corrected chi connectivity index (χ2v) is 12.6. The molecule has 2 aliphatic rings. The number of aliphatic hydroxyl groups excluding tert-OH is 1. The first kappa shape index (κ1) is 37.0. The molecule has 1 aliphatic heterocycles. The van der Waals surface area contributed by atoms with Gasteiger partial charge < -0.3 is 30.3 Å². The van der Waals surface area contributed by atoms with Crippen LogP contribution < -0.4 is 45.5 Å². The van der Waals surface area contributed by atoms with E-state index in [1.54, 1.807) is 13.8 Å². The molecule has 0 aromatic heterocycles. The molecule has 3 amide bonds. The molecule has 2 rings (SSSR count). The maximum absolute atomic E-state index is 13.7. The van der Waals surface area contributed by atoms with Gasteiger partial charge in [-0.3, -0.25) is 9.59 Å². The third-order valence-electron chi connectivity index (χ3n) is 7.37. The van der Waals surface area contributed by atoms with Gasteiger partial charge in [0.15, 0.2) is 5.44 Å². The molecule has 0 aromatic carbocycles. The molecule has 0 aromatic rings. The molecule has 40 heavy (non-hydrogen) atoms.